The van der Waals surface area contributed by atoms with Gasteiger partial charge in [0, 0.05) is 107 Å². The number of anilines is 1. The van der Waals surface area contributed by atoms with Crippen molar-refractivity contribution in [3.63, 3.8) is 0 Å². The highest BCUT2D eigenvalue weighted by Gasteiger charge is 2.38. The van der Waals surface area contributed by atoms with Crippen LogP contribution in [-0.4, -0.2) is 272 Å². The van der Waals surface area contributed by atoms with E-state index in [4.69, 9.17) is 22.6 Å². The van der Waals surface area contributed by atoms with Gasteiger partial charge < -0.3 is 116 Å². The summed E-state index contributed by atoms with van der Waals surface area (Å²) >= 11 is 0. The lowest BCUT2D eigenvalue weighted by Gasteiger charge is -2.32. The Labute approximate surface area is 709 Å². The first kappa shape index (κ1) is 96.2. The molecule has 654 valence electrons. The van der Waals surface area contributed by atoms with Crippen LogP contribution in [0.2, 0.25) is 0 Å². The minimum atomic E-state index is -1.74. The third-order valence-electron chi connectivity index (χ3n) is 19.4. The molecule has 3 saturated heterocycles. The summed E-state index contributed by atoms with van der Waals surface area (Å²) in [4.78, 5) is 244. The van der Waals surface area contributed by atoms with Crippen molar-refractivity contribution in [2.75, 3.05) is 74.1 Å². The highest BCUT2D eigenvalue weighted by Crippen LogP contribution is 2.26. The fourth-order valence-electron chi connectivity index (χ4n) is 12.6. The second kappa shape index (κ2) is 47.7. The number of nitrogens with two attached hydrogens (primary N) is 3. The molecule has 0 spiro atoms. The van der Waals surface area contributed by atoms with Crippen molar-refractivity contribution >= 4 is 183 Å². The van der Waals surface area contributed by atoms with Crippen molar-refractivity contribution < 1.29 is 96.5 Å². The predicted molar refractivity (Wildman–Crippen MR) is 450 cm³/mol. The van der Waals surface area contributed by atoms with E-state index < -0.39 is 193 Å². The van der Waals surface area contributed by atoms with Gasteiger partial charge in [0.05, 0.1) is 32.4 Å². The van der Waals surface area contributed by atoms with Gasteiger partial charge in [0.2, 0.25) is 94.5 Å². The summed E-state index contributed by atoms with van der Waals surface area (Å²) in [6, 6.07) is 7.17. The third-order valence-corrected chi connectivity index (χ3v) is 24.2. The van der Waals surface area contributed by atoms with Crippen LogP contribution in [0.1, 0.15) is 89.3 Å². The van der Waals surface area contributed by atoms with E-state index in [1.54, 1.807) is 12.4 Å². The SMILES string of the molecule is C[C@@H]1NC(=O)[C@H](CC(=O)O)NC(=O)CNC(=O)C(CC(=O)Nc2ccc(C(=N)N)cc2)NC(=O)CCSSC[C@@H](C(N)=O)NC(=O)[C@H](C)N(CCc2c[nH]c3ccccc23)C1=O.C[C@@H]1NC(=O)[C@H](CC(=O)O)NC(=O)CNC(=O)C(CNC(=O)C2CCNCC2)NC(=O)CCSSCC(C(N)=O)NC(=O)[C@H](C)N(CCc2c[nH]c3ccccc23)C1=O. The number of H-pyrrole nitrogens is 2. The molecule has 2 aromatic heterocycles. The molecule has 41 nitrogen and oxygen atoms in total. The molecule has 3 aliphatic rings. The van der Waals surface area contributed by atoms with Crippen molar-refractivity contribution in [3.05, 3.63) is 102 Å². The summed E-state index contributed by atoms with van der Waals surface area (Å²) < 4.78 is 0. The van der Waals surface area contributed by atoms with Crippen LogP contribution in [0, 0.1) is 11.3 Å². The van der Waals surface area contributed by atoms with E-state index in [-0.39, 0.29) is 86.0 Å². The minimum Gasteiger partial charge on any atom is -0.481 e. The number of aromatic nitrogens is 2. The number of aliphatic carboxylic acids is 2. The Balaban J connectivity index is 0.000000334. The van der Waals surface area contributed by atoms with Crippen LogP contribution in [0.3, 0.4) is 0 Å². The molecule has 45 heteroatoms. The number of nitrogens with zero attached hydrogens (tertiary/aromatic N) is 2. The van der Waals surface area contributed by atoms with E-state index in [1.165, 1.54) is 72.6 Å². The van der Waals surface area contributed by atoms with Crippen molar-refractivity contribution in [2.45, 2.75) is 146 Å². The zero-order valence-electron chi connectivity index (χ0n) is 66.6. The van der Waals surface area contributed by atoms with Crippen molar-refractivity contribution in [2.24, 2.45) is 23.1 Å². The van der Waals surface area contributed by atoms with Crippen LogP contribution < -0.4 is 86.3 Å². The Bertz CT molecular complexity index is 4620. The Morgan fingerprint density at radius 3 is 1.34 bits per heavy atom. The zero-order chi connectivity index (χ0) is 88.6. The smallest absolute Gasteiger partial charge is 0.305 e. The van der Waals surface area contributed by atoms with Gasteiger partial charge in [0.25, 0.3) is 0 Å². The highest BCUT2D eigenvalue weighted by molar-refractivity contribution is 8.77. The number of carboxylic acids is 2. The number of primary amides is 2. The number of amides is 16. The Kier molecular flexibility index (Phi) is 37.9. The van der Waals surface area contributed by atoms with Gasteiger partial charge in [-0.05, 0) is 114 Å². The predicted octanol–water partition coefficient (Wildman–Crippen LogP) is -3.08. The topological polar surface area (TPSA) is 644 Å². The zero-order valence-corrected chi connectivity index (χ0v) is 69.8. The number of nitrogen functional groups attached to an aromatic ring is 1. The first-order valence-electron chi connectivity index (χ1n) is 38.5. The molecule has 0 aliphatic carbocycles. The summed E-state index contributed by atoms with van der Waals surface area (Å²) in [6.45, 7) is 4.96. The fourth-order valence-corrected chi connectivity index (χ4v) is 17.0. The standard InChI is InChI=1S/C39H49N11O10S2.C37H52N10O10S2/c1-20-39(60)50(13-11-23-17-43-26-6-4-3-5-25(23)26)21(2)36(57)49-29(35(42)56)19-62-61-14-12-30(51)47-27(15-31(52)46-24-9-7-22(8-10-24)34(40)41)37(58)44-18-32(53)48-28(16-33(54)55)38(59)45-20;1-20-37(57)47(13-9-23-16-40-25-6-4-3-5-24(23)25)21(2)33(53)46-28(32(38)52)19-59-58-14-10-29(48)45-27(17-41-34(54)22-7-11-39-12-8-22)35(55)42-18-30(49)44-26(15-31(50)51)36(56)43-20/h3-10,17,20-21,27-29,43H,11-16,18-19H2,1-2H3,(H3,40,41)(H2,42,56)(H,44,58)(H,45,59)(H,46,52)(H,47,51)(H,48,53)(H,49,57)(H,54,55);3-6,16,20-22,26-28,39-40H,7-15,17-19H2,1-2H3,(H2,38,52)(H,41,54)(H,42,55)(H,43,56)(H,44,49)(H,45,48)(H,46,53)(H,50,51)/t20-,21-,27?,28-,29-;20-,21-,26-,27?,28?/m00/s1. The fraction of sp³-hybridized carbons (Fsp3) is 0.461. The number of hydrogen-bond acceptors (Lipinski definition) is 24. The summed E-state index contributed by atoms with van der Waals surface area (Å²) in [6.07, 6.45) is 2.60. The van der Waals surface area contributed by atoms with Crippen LogP contribution in [0.4, 0.5) is 5.69 Å². The van der Waals surface area contributed by atoms with Gasteiger partial charge in [0.1, 0.15) is 66.3 Å². The van der Waals surface area contributed by atoms with Crippen molar-refractivity contribution in [1.82, 2.24) is 83.6 Å². The van der Waals surface area contributed by atoms with Crippen LogP contribution in [-0.2, 0) is 99.1 Å². The summed E-state index contributed by atoms with van der Waals surface area (Å²) in [7, 11) is 4.65. The molecule has 5 heterocycles. The second-order valence-corrected chi connectivity index (χ2v) is 33.6. The molecule has 3 fully saturated rings. The van der Waals surface area contributed by atoms with E-state index >= 15 is 0 Å². The molecule has 0 saturated carbocycles. The lowest BCUT2D eigenvalue weighted by Crippen LogP contribution is -2.59. The van der Waals surface area contributed by atoms with Gasteiger partial charge >= 0.3 is 11.9 Å². The molecule has 10 atom stereocenters. The first-order chi connectivity index (χ1) is 57.6. The second-order valence-electron chi connectivity index (χ2n) is 28.4. The number of carbonyl (C=O) groups excluding carboxylic acids is 16. The van der Waals surface area contributed by atoms with Crippen LogP contribution >= 0.6 is 43.2 Å². The largest absolute Gasteiger partial charge is 0.481 e. The van der Waals surface area contributed by atoms with Gasteiger partial charge in [-0.2, -0.15) is 0 Å². The number of carbonyl (C=O) groups is 18. The number of fused-ring (bicyclic) bond motifs is 2. The molecule has 5 aromatic rings. The maximum Gasteiger partial charge on any atom is 0.305 e. The summed E-state index contributed by atoms with van der Waals surface area (Å²) in [5, 5.41) is 61.1. The average molecular weight is 1760 g/mol. The van der Waals surface area contributed by atoms with Crippen molar-refractivity contribution in [3.8, 4) is 0 Å². The number of amidine groups is 1. The number of piperidine rings is 1. The van der Waals surface area contributed by atoms with Crippen molar-refractivity contribution in [1.29, 1.82) is 5.41 Å². The van der Waals surface area contributed by atoms with Gasteiger partial charge in [-0.1, -0.05) is 79.6 Å². The maximum atomic E-state index is 14.1. The van der Waals surface area contributed by atoms with E-state index in [0.29, 0.717) is 37.2 Å². The minimum absolute atomic E-state index is 0.00949. The lowest BCUT2D eigenvalue weighted by atomic mass is 9.97. The molecular formula is C76H101N21O20S4. The molecule has 16 amide bonds. The number of carboxylic acid groups (broad SMARTS) is 2. The molecule has 0 bridgehead atoms. The van der Waals surface area contributed by atoms with Crippen LogP contribution in [0.5, 0.6) is 0 Å². The summed E-state index contributed by atoms with van der Waals surface area (Å²) in [5.74, 6) is -15.8. The van der Waals surface area contributed by atoms with E-state index in [2.05, 4.69) is 79.1 Å². The number of rotatable bonds is 19. The number of aromatic amines is 2. The Morgan fingerprint density at radius 1 is 0.496 bits per heavy atom. The number of para-hydroxylation sites is 2. The normalized spacial score (nSPS) is 22.9. The molecule has 3 aromatic carbocycles. The number of hydrogen-bond donors (Lipinski definition) is 21. The van der Waals surface area contributed by atoms with E-state index in [1.807, 2.05) is 48.5 Å². The Hall–Kier alpha value is -12.0. The summed E-state index contributed by atoms with van der Waals surface area (Å²) in [5.41, 5.74) is 20.8. The van der Waals surface area contributed by atoms with Gasteiger partial charge in [-0.15, -0.1) is 0 Å². The average Bonchev–Trinajstić information content (AvgIpc) is 1.72. The van der Waals surface area contributed by atoms with Crippen LogP contribution in [0.15, 0.2) is 85.2 Å². The number of benzene rings is 3. The quantitative estimate of drug-likeness (QED) is 0.0221. The molecule has 3 unspecified atom stereocenters. The maximum absolute atomic E-state index is 14.1. The van der Waals surface area contributed by atoms with E-state index in [0.717, 1.165) is 65.3 Å². The lowest BCUT2D eigenvalue weighted by molar-refractivity contribution is -0.144. The molecule has 24 N–H and O–H groups in total. The molecule has 3 aliphatic heterocycles. The number of nitrogens with one attached hydrogen (secondary N) is 16. The first-order valence-corrected chi connectivity index (χ1v) is 43.4. The molecule has 0 radical (unpaired) electrons. The Morgan fingerprint density at radius 2 is 0.909 bits per heavy atom. The molecule has 121 heavy (non-hydrogen) atoms. The van der Waals surface area contributed by atoms with Gasteiger partial charge in [-0.3, -0.25) is 91.7 Å². The molecular weight excluding hydrogens is 1660 g/mol. The monoisotopic (exact) mass is 1760 g/mol. The van der Waals surface area contributed by atoms with E-state index in [9.17, 15) is 96.5 Å². The van der Waals surface area contributed by atoms with Crippen LogP contribution in [0.25, 0.3) is 21.8 Å². The third kappa shape index (κ3) is 30.7. The van der Waals surface area contributed by atoms with Gasteiger partial charge in [0.15, 0.2) is 0 Å². The molecule has 8 rings (SSSR count). The highest BCUT2D eigenvalue weighted by atomic mass is 33.1. The van der Waals surface area contributed by atoms with Gasteiger partial charge in [-0.25, -0.2) is 0 Å².